The van der Waals surface area contributed by atoms with Gasteiger partial charge in [-0.2, -0.15) is 0 Å². The van der Waals surface area contributed by atoms with E-state index in [0.29, 0.717) is 5.96 Å². The SMILES string of the molecule is Cc1ccc(Br)cc1NC(=O)CN=C(N)NCCCN1CCOCC1. The van der Waals surface area contributed by atoms with Gasteiger partial charge in [0.2, 0.25) is 5.91 Å². The number of hydrogen-bond donors (Lipinski definition) is 3. The number of ether oxygens (including phenoxy) is 1. The summed E-state index contributed by atoms with van der Waals surface area (Å²) < 4.78 is 6.23. The molecule has 1 amide bonds. The highest BCUT2D eigenvalue weighted by Crippen LogP contribution is 2.20. The topological polar surface area (TPSA) is 92.0 Å². The highest BCUT2D eigenvalue weighted by atomic mass is 79.9. The summed E-state index contributed by atoms with van der Waals surface area (Å²) in [5.74, 6) is 0.0994. The molecule has 25 heavy (non-hydrogen) atoms. The Morgan fingerprint density at radius 2 is 2.16 bits per heavy atom. The molecule has 7 nitrogen and oxygen atoms in total. The Labute approximate surface area is 157 Å². The Bertz CT molecular complexity index is 603. The van der Waals surface area contributed by atoms with Gasteiger partial charge in [0.05, 0.1) is 13.2 Å². The molecule has 4 N–H and O–H groups in total. The Hall–Kier alpha value is -1.64. The molecule has 1 aromatic carbocycles. The fourth-order valence-electron chi connectivity index (χ4n) is 2.48. The molecule has 0 unspecified atom stereocenters. The van der Waals surface area contributed by atoms with E-state index < -0.39 is 0 Å². The molecule has 0 aromatic heterocycles. The maximum atomic E-state index is 12.0. The number of hydrogen-bond acceptors (Lipinski definition) is 4. The van der Waals surface area contributed by atoms with Crippen LogP contribution in [0.5, 0.6) is 0 Å². The standard InChI is InChI=1S/C17H26BrN5O2/c1-13-3-4-14(18)11-15(13)22-16(24)12-21-17(19)20-5-2-6-23-7-9-25-10-8-23/h3-4,11H,2,5-10,12H2,1H3,(H,22,24)(H3,19,20,21). The molecule has 2 rings (SSSR count). The number of nitrogens with one attached hydrogen (secondary N) is 2. The van der Waals surface area contributed by atoms with Crippen LogP contribution >= 0.6 is 15.9 Å². The summed E-state index contributed by atoms with van der Waals surface area (Å²) >= 11 is 3.39. The van der Waals surface area contributed by atoms with Crippen LogP contribution in [0.4, 0.5) is 5.69 Å². The second-order valence-electron chi connectivity index (χ2n) is 5.94. The fourth-order valence-corrected chi connectivity index (χ4v) is 2.84. The summed E-state index contributed by atoms with van der Waals surface area (Å²) in [4.78, 5) is 18.4. The number of carbonyl (C=O) groups is 1. The molecule has 0 saturated carbocycles. The van der Waals surface area contributed by atoms with E-state index in [-0.39, 0.29) is 12.5 Å². The summed E-state index contributed by atoms with van der Waals surface area (Å²) in [6.07, 6.45) is 0.972. The highest BCUT2D eigenvalue weighted by Gasteiger charge is 2.09. The van der Waals surface area contributed by atoms with E-state index in [4.69, 9.17) is 10.5 Å². The molecule has 0 radical (unpaired) electrons. The Morgan fingerprint density at radius 3 is 2.92 bits per heavy atom. The lowest BCUT2D eigenvalue weighted by atomic mass is 10.2. The van der Waals surface area contributed by atoms with Crippen LogP contribution in [0.3, 0.4) is 0 Å². The lowest BCUT2D eigenvalue weighted by Gasteiger charge is -2.26. The van der Waals surface area contributed by atoms with Gasteiger partial charge in [0.25, 0.3) is 0 Å². The summed E-state index contributed by atoms with van der Waals surface area (Å²) in [7, 11) is 0. The van der Waals surface area contributed by atoms with Gasteiger partial charge in [0.15, 0.2) is 5.96 Å². The molecule has 1 aliphatic rings. The molecular weight excluding hydrogens is 386 g/mol. The van der Waals surface area contributed by atoms with Crippen molar-refractivity contribution in [2.45, 2.75) is 13.3 Å². The van der Waals surface area contributed by atoms with Crippen molar-refractivity contribution in [1.82, 2.24) is 10.2 Å². The predicted molar refractivity (Wildman–Crippen MR) is 104 cm³/mol. The Kier molecular flexibility index (Phi) is 8.17. The normalized spacial score (nSPS) is 15.8. The van der Waals surface area contributed by atoms with Crippen LogP contribution in [0.25, 0.3) is 0 Å². The van der Waals surface area contributed by atoms with Crippen LogP contribution in [-0.4, -0.2) is 62.7 Å². The van der Waals surface area contributed by atoms with Crippen LogP contribution in [0.15, 0.2) is 27.7 Å². The molecule has 0 aliphatic carbocycles. The van der Waals surface area contributed by atoms with E-state index >= 15 is 0 Å². The van der Waals surface area contributed by atoms with Crippen LogP contribution in [0.1, 0.15) is 12.0 Å². The summed E-state index contributed by atoms with van der Waals surface area (Å²) in [6, 6.07) is 5.74. The Morgan fingerprint density at radius 1 is 1.40 bits per heavy atom. The number of anilines is 1. The smallest absolute Gasteiger partial charge is 0.246 e. The van der Waals surface area contributed by atoms with Crippen molar-refractivity contribution < 1.29 is 9.53 Å². The maximum Gasteiger partial charge on any atom is 0.246 e. The Balaban J connectivity index is 1.65. The summed E-state index contributed by atoms with van der Waals surface area (Å²) in [6.45, 7) is 7.26. The number of nitrogens with zero attached hydrogens (tertiary/aromatic N) is 2. The number of carbonyl (C=O) groups excluding carboxylic acids is 1. The van der Waals surface area contributed by atoms with E-state index in [1.54, 1.807) is 0 Å². The lowest BCUT2D eigenvalue weighted by molar-refractivity contribution is -0.114. The van der Waals surface area contributed by atoms with Gasteiger partial charge in [-0.25, -0.2) is 4.99 Å². The van der Waals surface area contributed by atoms with Crippen molar-refractivity contribution in [1.29, 1.82) is 0 Å². The minimum Gasteiger partial charge on any atom is -0.379 e. The van der Waals surface area contributed by atoms with Gasteiger partial charge < -0.3 is 21.1 Å². The van der Waals surface area contributed by atoms with E-state index in [2.05, 4.69) is 36.5 Å². The molecule has 0 atom stereocenters. The average molecular weight is 412 g/mol. The molecule has 0 bridgehead atoms. The van der Waals surface area contributed by atoms with Crippen LogP contribution in [0.2, 0.25) is 0 Å². The average Bonchev–Trinajstić information content (AvgIpc) is 2.61. The number of nitrogens with two attached hydrogens (primary N) is 1. The molecule has 1 saturated heterocycles. The highest BCUT2D eigenvalue weighted by molar-refractivity contribution is 9.10. The molecule has 0 spiro atoms. The largest absolute Gasteiger partial charge is 0.379 e. The maximum absolute atomic E-state index is 12.0. The van der Waals surface area contributed by atoms with Gasteiger partial charge in [0.1, 0.15) is 6.54 Å². The van der Waals surface area contributed by atoms with E-state index in [1.165, 1.54) is 0 Å². The minimum absolute atomic E-state index is 0.00570. The van der Waals surface area contributed by atoms with E-state index in [0.717, 1.165) is 61.5 Å². The first kappa shape index (κ1) is 19.7. The van der Waals surface area contributed by atoms with Crippen LogP contribution < -0.4 is 16.4 Å². The van der Waals surface area contributed by atoms with Crippen molar-refractivity contribution in [3.8, 4) is 0 Å². The van der Waals surface area contributed by atoms with Gasteiger partial charge in [0, 0.05) is 29.8 Å². The summed E-state index contributed by atoms with van der Waals surface area (Å²) in [5.41, 5.74) is 7.57. The zero-order chi connectivity index (χ0) is 18.1. The van der Waals surface area contributed by atoms with Crippen molar-refractivity contribution in [2.24, 2.45) is 10.7 Å². The predicted octanol–water partition coefficient (Wildman–Crippen LogP) is 1.32. The van der Waals surface area contributed by atoms with Gasteiger partial charge in [-0.3, -0.25) is 9.69 Å². The van der Waals surface area contributed by atoms with Crippen molar-refractivity contribution >= 4 is 33.5 Å². The second-order valence-corrected chi connectivity index (χ2v) is 6.86. The zero-order valence-electron chi connectivity index (χ0n) is 14.6. The number of halogens is 1. The monoisotopic (exact) mass is 411 g/mol. The van der Waals surface area contributed by atoms with Gasteiger partial charge in [-0.1, -0.05) is 22.0 Å². The quantitative estimate of drug-likeness (QED) is 0.357. The first-order valence-electron chi connectivity index (χ1n) is 8.44. The number of amides is 1. The lowest BCUT2D eigenvalue weighted by Crippen LogP contribution is -2.39. The van der Waals surface area contributed by atoms with Crippen molar-refractivity contribution in [3.63, 3.8) is 0 Å². The number of morpholine rings is 1. The summed E-state index contributed by atoms with van der Waals surface area (Å²) in [5, 5.41) is 5.88. The molecule has 1 aliphatic heterocycles. The molecule has 1 heterocycles. The second kappa shape index (κ2) is 10.4. The molecule has 138 valence electrons. The number of aryl methyl sites for hydroxylation is 1. The number of rotatable bonds is 7. The van der Waals surface area contributed by atoms with E-state index in [1.807, 2.05) is 25.1 Å². The molecule has 1 fully saturated rings. The third-order valence-electron chi connectivity index (χ3n) is 3.93. The third kappa shape index (κ3) is 7.41. The van der Waals surface area contributed by atoms with Crippen LogP contribution in [0, 0.1) is 6.92 Å². The van der Waals surface area contributed by atoms with Crippen molar-refractivity contribution in [3.05, 3.63) is 28.2 Å². The molecule has 1 aromatic rings. The van der Waals surface area contributed by atoms with Gasteiger partial charge in [-0.05, 0) is 37.6 Å². The number of guanidine groups is 1. The van der Waals surface area contributed by atoms with Gasteiger partial charge in [-0.15, -0.1) is 0 Å². The fraction of sp³-hybridized carbons (Fsp3) is 0.529. The van der Waals surface area contributed by atoms with Gasteiger partial charge >= 0.3 is 0 Å². The minimum atomic E-state index is -0.195. The van der Waals surface area contributed by atoms with E-state index in [9.17, 15) is 4.79 Å². The number of benzene rings is 1. The zero-order valence-corrected chi connectivity index (χ0v) is 16.1. The number of aliphatic imine (C=N–C) groups is 1. The molecule has 8 heteroatoms. The molecular formula is C17H26BrN5O2. The van der Waals surface area contributed by atoms with Crippen LogP contribution in [-0.2, 0) is 9.53 Å². The van der Waals surface area contributed by atoms with Crippen molar-refractivity contribution in [2.75, 3.05) is 51.3 Å². The third-order valence-corrected chi connectivity index (χ3v) is 4.42. The first-order valence-corrected chi connectivity index (χ1v) is 9.24. The first-order chi connectivity index (χ1) is 12.0.